The van der Waals surface area contributed by atoms with Gasteiger partial charge in [0.1, 0.15) is 12.4 Å². The minimum absolute atomic E-state index is 0.0828. The van der Waals surface area contributed by atoms with Gasteiger partial charge in [-0.1, -0.05) is 29.8 Å². The topological polar surface area (TPSA) is 56.2 Å². The lowest BCUT2D eigenvalue weighted by Gasteiger charge is -2.14. The van der Waals surface area contributed by atoms with Crippen LogP contribution < -0.4 is 5.32 Å². The number of imidazole rings is 1. The fraction of sp³-hybridized carbons (Fsp3) is 0.263. The standard InChI is InChI=1S/C19H19N3O2/c1-13-3-2-4-14(9-13)11-20-19(23)15-5-6-17-16(10-15)21-18-12-24-8-7-22(17)18/h2-6,9-10H,7-8,11-12H2,1H3,(H,20,23). The van der Waals surface area contributed by atoms with Crippen LogP contribution in [0.2, 0.25) is 0 Å². The van der Waals surface area contributed by atoms with Crippen molar-refractivity contribution in [3.05, 3.63) is 65.0 Å². The molecule has 5 nitrogen and oxygen atoms in total. The van der Waals surface area contributed by atoms with Gasteiger partial charge in [-0.3, -0.25) is 4.79 Å². The number of hydrogen-bond donors (Lipinski definition) is 1. The van der Waals surface area contributed by atoms with Gasteiger partial charge in [-0.15, -0.1) is 0 Å². The maximum atomic E-state index is 12.4. The maximum absolute atomic E-state index is 12.4. The van der Waals surface area contributed by atoms with Gasteiger partial charge in [-0.2, -0.15) is 0 Å². The van der Waals surface area contributed by atoms with E-state index in [4.69, 9.17) is 4.74 Å². The van der Waals surface area contributed by atoms with Gasteiger partial charge < -0.3 is 14.6 Å². The molecule has 0 bridgehead atoms. The van der Waals surface area contributed by atoms with Crippen LogP contribution in [0.5, 0.6) is 0 Å². The molecule has 2 aromatic carbocycles. The lowest BCUT2D eigenvalue weighted by molar-refractivity contribution is 0.0830. The van der Waals surface area contributed by atoms with Crippen LogP contribution in [0.4, 0.5) is 0 Å². The van der Waals surface area contributed by atoms with Crippen molar-refractivity contribution in [3.8, 4) is 0 Å². The van der Waals surface area contributed by atoms with E-state index in [1.54, 1.807) is 0 Å². The highest BCUT2D eigenvalue weighted by molar-refractivity contribution is 5.97. The Morgan fingerprint density at radius 1 is 1.29 bits per heavy atom. The fourth-order valence-electron chi connectivity index (χ4n) is 3.11. The van der Waals surface area contributed by atoms with Crippen LogP contribution in [0.25, 0.3) is 11.0 Å². The Balaban J connectivity index is 1.54. The molecular formula is C19H19N3O2. The minimum Gasteiger partial charge on any atom is -0.372 e. The van der Waals surface area contributed by atoms with E-state index in [0.29, 0.717) is 25.3 Å². The monoisotopic (exact) mass is 321 g/mol. The Kier molecular flexibility index (Phi) is 3.78. The van der Waals surface area contributed by atoms with Crippen LogP contribution in [-0.2, 0) is 24.4 Å². The summed E-state index contributed by atoms with van der Waals surface area (Å²) in [5, 5.41) is 2.97. The molecule has 122 valence electrons. The maximum Gasteiger partial charge on any atom is 0.251 e. The summed E-state index contributed by atoms with van der Waals surface area (Å²) in [6.07, 6.45) is 0. The van der Waals surface area contributed by atoms with Gasteiger partial charge in [0.15, 0.2) is 0 Å². The molecule has 1 aliphatic rings. The first-order valence-corrected chi connectivity index (χ1v) is 8.11. The average molecular weight is 321 g/mol. The van der Waals surface area contributed by atoms with Crippen molar-refractivity contribution < 1.29 is 9.53 Å². The summed E-state index contributed by atoms with van der Waals surface area (Å²) in [6.45, 7) is 4.61. The van der Waals surface area contributed by atoms with Gasteiger partial charge >= 0.3 is 0 Å². The molecule has 0 aliphatic carbocycles. The second-order valence-corrected chi connectivity index (χ2v) is 6.11. The number of nitrogens with one attached hydrogen (secondary N) is 1. The Bertz CT molecular complexity index is 914. The van der Waals surface area contributed by atoms with Gasteiger partial charge in [-0.25, -0.2) is 4.98 Å². The third-order valence-corrected chi connectivity index (χ3v) is 4.32. The molecule has 1 amide bonds. The molecule has 0 atom stereocenters. The van der Waals surface area contributed by atoms with Crippen molar-refractivity contribution in [2.75, 3.05) is 6.61 Å². The Morgan fingerprint density at radius 2 is 2.21 bits per heavy atom. The van der Waals surface area contributed by atoms with E-state index < -0.39 is 0 Å². The quantitative estimate of drug-likeness (QED) is 0.807. The number of nitrogens with zero attached hydrogens (tertiary/aromatic N) is 2. The lowest BCUT2D eigenvalue weighted by Crippen LogP contribution is -2.22. The highest BCUT2D eigenvalue weighted by atomic mass is 16.5. The molecule has 3 aromatic rings. The van der Waals surface area contributed by atoms with Gasteiger partial charge in [0.05, 0.1) is 17.6 Å². The summed E-state index contributed by atoms with van der Waals surface area (Å²) in [4.78, 5) is 17.0. The summed E-state index contributed by atoms with van der Waals surface area (Å²) in [6, 6.07) is 13.8. The molecule has 2 heterocycles. The molecule has 0 fully saturated rings. The molecule has 1 aliphatic heterocycles. The predicted octanol–water partition coefficient (Wildman–Crippen LogP) is 2.80. The zero-order valence-corrected chi connectivity index (χ0v) is 13.6. The Labute approximate surface area is 140 Å². The summed E-state index contributed by atoms with van der Waals surface area (Å²) in [7, 11) is 0. The number of ether oxygens (including phenoxy) is 1. The van der Waals surface area contributed by atoms with Crippen molar-refractivity contribution in [1.82, 2.24) is 14.9 Å². The number of carbonyl (C=O) groups is 1. The number of hydrogen-bond acceptors (Lipinski definition) is 3. The minimum atomic E-state index is -0.0828. The fourth-order valence-corrected chi connectivity index (χ4v) is 3.11. The number of aromatic nitrogens is 2. The molecule has 5 heteroatoms. The molecule has 0 saturated carbocycles. The van der Waals surface area contributed by atoms with E-state index in [1.165, 1.54) is 5.56 Å². The number of rotatable bonds is 3. The predicted molar refractivity (Wildman–Crippen MR) is 91.7 cm³/mol. The largest absolute Gasteiger partial charge is 0.372 e. The number of amides is 1. The zero-order valence-electron chi connectivity index (χ0n) is 13.6. The second kappa shape index (κ2) is 6.09. The van der Waals surface area contributed by atoms with E-state index in [2.05, 4.69) is 20.9 Å². The van der Waals surface area contributed by atoms with E-state index in [1.807, 2.05) is 43.3 Å². The molecule has 0 unspecified atom stereocenters. The van der Waals surface area contributed by atoms with Crippen LogP contribution in [0.3, 0.4) is 0 Å². The third kappa shape index (κ3) is 2.78. The Hall–Kier alpha value is -2.66. The molecule has 24 heavy (non-hydrogen) atoms. The number of carbonyl (C=O) groups excluding carboxylic acids is 1. The molecular weight excluding hydrogens is 302 g/mol. The van der Waals surface area contributed by atoms with Gasteiger partial charge in [0.25, 0.3) is 5.91 Å². The first-order valence-electron chi connectivity index (χ1n) is 8.11. The van der Waals surface area contributed by atoms with E-state index in [0.717, 1.165) is 29.0 Å². The van der Waals surface area contributed by atoms with Crippen molar-refractivity contribution in [2.45, 2.75) is 26.6 Å². The highest BCUT2D eigenvalue weighted by Crippen LogP contribution is 2.21. The van der Waals surface area contributed by atoms with Gasteiger partial charge in [0.2, 0.25) is 0 Å². The molecule has 0 saturated heterocycles. The van der Waals surface area contributed by atoms with Crippen LogP contribution in [0.1, 0.15) is 27.3 Å². The summed E-state index contributed by atoms with van der Waals surface area (Å²) < 4.78 is 7.60. The number of benzene rings is 2. The van der Waals surface area contributed by atoms with Gasteiger partial charge in [0, 0.05) is 18.7 Å². The highest BCUT2D eigenvalue weighted by Gasteiger charge is 2.16. The van der Waals surface area contributed by atoms with Crippen LogP contribution in [0.15, 0.2) is 42.5 Å². The van der Waals surface area contributed by atoms with Crippen LogP contribution >= 0.6 is 0 Å². The molecule has 1 aromatic heterocycles. The average Bonchev–Trinajstić information content (AvgIpc) is 2.97. The van der Waals surface area contributed by atoms with Crippen LogP contribution in [-0.4, -0.2) is 22.1 Å². The van der Waals surface area contributed by atoms with Crippen molar-refractivity contribution in [2.24, 2.45) is 0 Å². The van der Waals surface area contributed by atoms with E-state index in [-0.39, 0.29) is 5.91 Å². The van der Waals surface area contributed by atoms with Crippen molar-refractivity contribution >= 4 is 16.9 Å². The number of aryl methyl sites for hydroxylation is 1. The second-order valence-electron chi connectivity index (χ2n) is 6.11. The zero-order chi connectivity index (χ0) is 16.5. The molecule has 1 N–H and O–H groups in total. The summed E-state index contributed by atoms with van der Waals surface area (Å²) in [5.74, 6) is 0.842. The SMILES string of the molecule is Cc1cccc(CNC(=O)c2ccc3c(c2)nc2n3CCOC2)c1. The summed E-state index contributed by atoms with van der Waals surface area (Å²) in [5.41, 5.74) is 4.82. The smallest absolute Gasteiger partial charge is 0.251 e. The Morgan fingerprint density at radius 3 is 3.08 bits per heavy atom. The van der Waals surface area contributed by atoms with Crippen LogP contribution in [0, 0.1) is 6.92 Å². The first-order chi connectivity index (χ1) is 11.7. The molecule has 0 radical (unpaired) electrons. The first kappa shape index (κ1) is 14.9. The van der Waals surface area contributed by atoms with Gasteiger partial charge in [-0.05, 0) is 30.7 Å². The van der Waals surface area contributed by atoms with Crippen molar-refractivity contribution in [1.29, 1.82) is 0 Å². The molecule has 4 rings (SSSR count). The van der Waals surface area contributed by atoms with Crippen molar-refractivity contribution in [3.63, 3.8) is 0 Å². The number of fused-ring (bicyclic) bond motifs is 3. The van der Waals surface area contributed by atoms with E-state index in [9.17, 15) is 4.79 Å². The summed E-state index contributed by atoms with van der Waals surface area (Å²) >= 11 is 0. The lowest BCUT2D eigenvalue weighted by atomic mass is 10.1. The third-order valence-electron chi connectivity index (χ3n) is 4.32. The molecule has 0 spiro atoms. The van der Waals surface area contributed by atoms with E-state index >= 15 is 0 Å². The normalized spacial score (nSPS) is 13.7.